The number of aromatic nitrogens is 2. The molecule has 5 aliphatic carbocycles. The highest BCUT2D eigenvalue weighted by Crippen LogP contribution is 2.77. The Bertz CT molecular complexity index is 1040. The van der Waals surface area contributed by atoms with Gasteiger partial charge in [0, 0.05) is 23.7 Å². The third-order valence-electron chi connectivity index (χ3n) is 13.8. The van der Waals surface area contributed by atoms with Crippen LogP contribution in [0, 0.1) is 45.3 Å². The molecular formula is C31H46N2O. The Kier molecular flexibility index (Phi) is 4.12. The highest BCUT2D eigenvalue weighted by molar-refractivity contribution is 5.32. The maximum atomic E-state index is 6.80. The molecule has 186 valence electrons. The normalized spacial score (nSPS) is 53.8. The molecule has 0 radical (unpaired) electrons. The zero-order chi connectivity index (χ0) is 23.9. The van der Waals surface area contributed by atoms with Gasteiger partial charge >= 0.3 is 0 Å². The molecule has 9 atom stereocenters. The number of hydrogen-bond acceptors (Lipinski definition) is 3. The van der Waals surface area contributed by atoms with Crippen molar-refractivity contribution in [3.05, 3.63) is 23.8 Å². The zero-order valence-corrected chi connectivity index (χ0v) is 22.7. The van der Waals surface area contributed by atoms with Gasteiger partial charge in [-0.05, 0) is 97.2 Å². The molecule has 6 fully saturated rings. The van der Waals surface area contributed by atoms with Gasteiger partial charge in [0.15, 0.2) is 0 Å². The molecule has 7 aliphatic rings. The van der Waals surface area contributed by atoms with Crippen LogP contribution in [0.3, 0.4) is 0 Å². The molecule has 1 aromatic heterocycles. The SMILES string of the molecule is CC1(C)CC[C@]23CC[C@]4(C)[C@H](CC[C@@H]5[C@@]6(C)Cc7nccnc7C(C)(C)[C@@H]6CC[C@]54C)[C@H]2[C@H]1O3. The van der Waals surface area contributed by atoms with Crippen molar-refractivity contribution in [2.45, 2.75) is 123 Å². The van der Waals surface area contributed by atoms with Crippen LogP contribution in [-0.2, 0) is 16.6 Å². The Labute approximate surface area is 207 Å². The summed E-state index contributed by atoms with van der Waals surface area (Å²) in [4.78, 5) is 9.81. The van der Waals surface area contributed by atoms with Crippen LogP contribution in [0.15, 0.2) is 12.4 Å². The van der Waals surface area contributed by atoms with Crippen molar-refractivity contribution in [2.24, 2.45) is 45.3 Å². The Hall–Kier alpha value is -0.960. The van der Waals surface area contributed by atoms with Crippen LogP contribution in [0.2, 0.25) is 0 Å². The summed E-state index contributed by atoms with van der Waals surface area (Å²) in [6, 6.07) is 0. The molecule has 2 bridgehead atoms. The van der Waals surface area contributed by atoms with Gasteiger partial charge in [-0.15, -0.1) is 0 Å². The molecule has 34 heavy (non-hydrogen) atoms. The van der Waals surface area contributed by atoms with Crippen molar-refractivity contribution in [3.8, 4) is 0 Å². The van der Waals surface area contributed by atoms with Gasteiger partial charge in [-0.3, -0.25) is 9.97 Å². The lowest BCUT2D eigenvalue weighted by atomic mass is 9.31. The van der Waals surface area contributed by atoms with Crippen LogP contribution in [0.25, 0.3) is 0 Å². The predicted octanol–water partition coefficient (Wildman–Crippen LogP) is 7.13. The first-order chi connectivity index (χ1) is 15.9. The predicted molar refractivity (Wildman–Crippen MR) is 135 cm³/mol. The third-order valence-corrected chi connectivity index (χ3v) is 13.8. The molecule has 8 rings (SSSR count). The first-order valence-electron chi connectivity index (χ1n) is 14.4. The number of nitrogens with zero attached hydrogens (tertiary/aromatic N) is 2. The van der Waals surface area contributed by atoms with E-state index in [1.54, 1.807) is 0 Å². The van der Waals surface area contributed by atoms with Gasteiger partial charge in [0.05, 0.1) is 23.1 Å². The number of fused-ring (bicyclic) bond motifs is 8. The van der Waals surface area contributed by atoms with Crippen LogP contribution in [-0.4, -0.2) is 21.7 Å². The molecule has 3 heterocycles. The summed E-state index contributed by atoms with van der Waals surface area (Å²) in [5.41, 5.74) is 4.41. The van der Waals surface area contributed by atoms with Crippen LogP contribution in [0.4, 0.5) is 0 Å². The summed E-state index contributed by atoms with van der Waals surface area (Å²) in [6.07, 6.45) is 16.3. The number of ether oxygens (including phenoxy) is 1. The van der Waals surface area contributed by atoms with Crippen LogP contribution < -0.4 is 0 Å². The highest BCUT2D eigenvalue weighted by Gasteiger charge is 2.75. The van der Waals surface area contributed by atoms with E-state index in [9.17, 15) is 0 Å². The minimum atomic E-state index is 0.106. The van der Waals surface area contributed by atoms with Gasteiger partial charge in [-0.2, -0.15) is 0 Å². The lowest BCUT2D eigenvalue weighted by Gasteiger charge is -2.77. The Morgan fingerprint density at radius 1 is 0.765 bits per heavy atom. The van der Waals surface area contributed by atoms with Crippen molar-refractivity contribution >= 4 is 0 Å². The summed E-state index contributed by atoms with van der Waals surface area (Å²) >= 11 is 0. The van der Waals surface area contributed by atoms with Crippen LogP contribution in [0.5, 0.6) is 0 Å². The van der Waals surface area contributed by atoms with Gasteiger partial charge in [0.1, 0.15) is 0 Å². The monoisotopic (exact) mass is 462 g/mol. The zero-order valence-electron chi connectivity index (χ0n) is 22.7. The van der Waals surface area contributed by atoms with Gasteiger partial charge in [0.2, 0.25) is 0 Å². The topological polar surface area (TPSA) is 35.0 Å². The molecule has 2 aliphatic heterocycles. The summed E-state index contributed by atoms with van der Waals surface area (Å²) in [5.74, 6) is 3.11. The Balaban J connectivity index is 1.29. The van der Waals surface area contributed by atoms with E-state index in [4.69, 9.17) is 14.7 Å². The second-order valence-electron chi connectivity index (χ2n) is 15.5. The number of rotatable bonds is 0. The average Bonchev–Trinajstić information content (AvgIpc) is 2.74. The van der Waals surface area contributed by atoms with E-state index in [-0.39, 0.29) is 11.0 Å². The largest absolute Gasteiger partial charge is 0.370 e. The van der Waals surface area contributed by atoms with Gasteiger partial charge in [0.25, 0.3) is 0 Å². The molecule has 0 N–H and O–H groups in total. The van der Waals surface area contributed by atoms with E-state index < -0.39 is 0 Å². The molecule has 1 aromatic rings. The second kappa shape index (κ2) is 6.29. The molecule has 0 amide bonds. The van der Waals surface area contributed by atoms with Gasteiger partial charge in [-0.1, -0.05) is 48.5 Å². The fourth-order valence-electron chi connectivity index (χ4n) is 11.9. The first-order valence-corrected chi connectivity index (χ1v) is 14.4. The molecule has 0 aromatic carbocycles. The van der Waals surface area contributed by atoms with Crippen molar-refractivity contribution < 1.29 is 4.74 Å². The third kappa shape index (κ3) is 2.31. The van der Waals surface area contributed by atoms with E-state index in [0.29, 0.717) is 33.7 Å². The quantitative estimate of drug-likeness (QED) is 0.411. The molecular weight excluding hydrogens is 416 g/mol. The van der Waals surface area contributed by atoms with Gasteiger partial charge < -0.3 is 4.74 Å². The van der Waals surface area contributed by atoms with E-state index in [1.165, 1.54) is 62.8 Å². The average molecular weight is 463 g/mol. The summed E-state index contributed by atoms with van der Waals surface area (Å²) in [7, 11) is 0. The second-order valence-corrected chi connectivity index (χ2v) is 15.5. The lowest BCUT2D eigenvalue weighted by molar-refractivity contribution is -0.383. The Morgan fingerprint density at radius 2 is 1.50 bits per heavy atom. The fraction of sp³-hybridized carbons (Fsp3) is 0.871. The van der Waals surface area contributed by atoms with Crippen molar-refractivity contribution in [3.63, 3.8) is 0 Å². The smallest absolute Gasteiger partial charge is 0.0743 e. The maximum Gasteiger partial charge on any atom is 0.0743 e. The van der Waals surface area contributed by atoms with Gasteiger partial charge in [-0.25, -0.2) is 0 Å². The number of hydrogen-bond donors (Lipinski definition) is 0. The molecule has 2 saturated heterocycles. The maximum absolute atomic E-state index is 6.80. The summed E-state index contributed by atoms with van der Waals surface area (Å²) < 4.78 is 6.80. The fourth-order valence-corrected chi connectivity index (χ4v) is 11.9. The van der Waals surface area contributed by atoms with E-state index in [2.05, 4.69) is 48.5 Å². The lowest BCUT2D eigenvalue weighted by Crippen LogP contribution is -2.77. The van der Waals surface area contributed by atoms with Crippen LogP contribution >= 0.6 is 0 Å². The van der Waals surface area contributed by atoms with Crippen LogP contribution in [0.1, 0.15) is 111 Å². The standard InChI is InChI=1S/C31H46N2O/c1-26(2)12-14-31-15-13-29(6)19(23(31)25(26)34-31)8-9-22-28(5)18-20-24(33-17-16-32-20)27(3,4)21(28)10-11-30(22,29)7/h16-17,19,21-23,25H,8-15,18H2,1-7H3/t19-,21+,22-,23+,25-,28+,29-,30-,31+/m1/s1. The van der Waals surface area contributed by atoms with Crippen molar-refractivity contribution in [1.82, 2.24) is 9.97 Å². The molecule has 3 heteroatoms. The molecule has 3 nitrogen and oxygen atoms in total. The van der Waals surface area contributed by atoms with Crippen molar-refractivity contribution in [2.75, 3.05) is 0 Å². The summed E-state index contributed by atoms with van der Waals surface area (Å²) in [6.45, 7) is 18.0. The minimum Gasteiger partial charge on any atom is -0.370 e. The van der Waals surface area contributed by atoms with E-state index >= 15 is 0 Å². The Morgan fingerprint density at radius 3 is 2.26 bits per heavy atom. The molecule has 1 spiro atoms. The summed E-state index contributed by atoms with van der Waals surface area (Å²) in [5, 5.41) is 0. The molecule has 0 unspecified atom stereocenters. The van der Waals surface area contributed by atoms with Crippen molar-refractivity contribution in [1.29, 1.82) is 0 Å². The van der Waals surface area contributed by atoms with E-state index in [1.807, 2.05) is 12.4 Å². The van der Waals surface area contributed by atoms with E-state index in [0.717, 1.165) is 24.2 Å². The highest BCUT2D eigenvalue weighted by atomic mass is 16.5. The minimum absolute atomic E-state index is 0.106. The molecule has 4 saturated carbocycles. The first kappa shape index (κ1) is 22.3.